The van der Waals surface area contributed by atoms with Crippen molar-refractivity contribution in [2.45, 2.75) is 124 Å². The van der Waals surface area contributed by atoms with Crippen molar-refractivity contribution in [2.75, 3.05) is 0 Å². The third-order valence-corrected chi connectivity index (χ3v) is 16.4. The first-order valence-corrected chi connectivity index (χ1v) is 19.2. The molecule has 1 unspecified atom stereocenters. The van der Waals surface area contributed by atoms with Gasteiger partial charge in [-0.2, -0.15) is 0 Å². The molecule has 0 N–H and O–H groups in total. The number of rotatable bonds is 16. The van der Waals surface area contributed by atoms with E-state index in [1.807, 2.05) is 0 Å². The van der Waals surface area contributed by atoms with Crippen molar-refractivity contribution >= 4 is 46.3 Å². The van der Waals surface area contributed by atoms with Crippen LogP contribution >= 0.6 is 22.7 Å². The summed E-state index contributed by atoms with van der Waals surface area (Å²) in [6.45, 7) is 11.7. The molecule has 0 aliphatic carbocycles. The number of benzene rings is 1. The van der Waals surface area contributed by atoms with E-state index in [0.717, 1.165) is 5.92 Å². The van der Waals surface area contributed by atoms with Gasteiger partial charge in [0.2, 0.25) is 0 Å². The highest BCUT2D eigenvalue weighted by Crippen LogP contribution is 2.42. The maximum absolute atomic E-state index is 2.61. The largest absolute Gasteiger partial charge is 0.152 e. The van der Waals surface area contributed by atoms with E-state index in [1.54, 1.807) is 25.3 Å². The fourth-order valence-electron chi connectivity index (χ4n) is 6.64. The van der Waals surface area contributed by atoms with E-state index in [2.05, 4.69) is 93.7 Å². The van der Waals surface area contributed by atoms with Crippen LogP contribution < -0.4 is 15.6 Å². The van der Waals surface area contributed by atoms with Crippen molar-refractivity contribution < 1.29 is 0 Å². The molecule has 0 saturated carbocycles. The van der Waals surface area contributed by atoms with Gasteiger partial charge in [0.1, 0.15) is 0 Å². The van der Waals surface area contributed by atoms with Gasteiger partial charge in [-0.1, -0.05) is 116 Å². The molecular weight excluding hydrogens is 501 g/mol. The van der Waals surface area contributed by atoms with E-state index < -0.39 is 8.07 Å². The second-order valence-corrected chi connectivity index (χ2v) is 18.1. The lowest BCUT2D eigenvalue weighted by molar-refractivity contribution is 0.442. The van der Waals surface area contributed by atoms with Gasteiger partial charge in [-0.25, -0.2) is 0 Å². The van der Waals surface area contributed by atoms with E-state index >= 15 is 0 Å². The predicted molar refractivity (Wildman–Crippen MR) is 173 cm³/mol. The second-order valence-electron chi connectivity index (χ2n) is 11.7. The lowest BCUT2D eigenvalue weighted by Crippen LogP contribution is -2.65. The van der Waals surface area contributed by atoms with Crippen molar-refractivity contribution in [3.8, 4) is 9.75 Å². The Morgan fingerprint density at radius 2 is 1.19 bits per heavy atom. The highest BCUT2D eigenvalue weighted by Gasteiger charge is 2.50. The van der Waals surface area contributed by atoms with Crippen molar-refractivity contribution in [3.05, 3.63) is 51.7 Å². The van der Waals surface area contributed by atoms with Crippen LogP contribution in [-0.4, -0.2) is 8.07 Å². The molecule has 0 saturated heterocycles. The zero-order valence-corrected chi connectivity index (χ0v) is 26.9. The molecule has 0 amide bonds. The van der Waals surface area contributed by atoms with Gasteiger partial charge >= 0.3 is 0 Å². The first-order chi connectivity index (χ1) is 18.0. The summed E-state index contributed by atoms with van der Waals surface area (Å²) in [5.41, 5.74) is 1.53. The van der Waals surface area contributed by atoms with Crippen LogP contribution in [0, 0.1) is 19.8 Å². The molecule has 1 aliphatic rings. The molecule has 4 rings (SSSR count). The Hall–Kier alpha value is -1.16. The molecule has 0 radical (unpaired) electrons. The summed E-state index contributed by atoms with van der Waals surface area (Å²) in [4.78, 5) is 6.25. The molecular formula is C34H50S2Si. The Morgan fingerprint density at radius 3 is 1.76 bits per heavy atom. The van der Waals surface area contributed by atoms with Crippen LogP contribution in [0.4, 0.5) is 0 Å². The molecule has 0 bridgehead atoms. The van der Waals surface area contributed by atoms with Crippen LogP contribution in [0.5, 0.6) is 0 Å². The number of thiophene rings is 2. The zero-order valence-electron chi connectivity index (χ0n) is 24.3. The summed E-state index contributed by atoms with van der Waals surface area (Å²) in [6.07, 6.45) is 17.7. The summed E-state index contributed by atoms with van der Waals surface area (Å²) in [6, 6.07) is 16.8. The molecule has 0 spiro atoms. The quantitative estimate of drug-likeness (QED) is 0.123. The third-order valence-electron chi connectivity index (χ3n) is 8.63. The average molecular weight is 551 g/mol. The molecule has 2 aromatic heterocycles. The maximum atomic E-state index is 2.61. The van der Waals surface area contributed by atoms with Crippen LogP contribution in [0.1, 0.15) is 113 Å². The van der Waals surface area contributed by atoms with E-state index in [0.29, 0.717) is 0 Å². The van der Waals surface area contributed by atoms with Crippen LogP contribution in [0.2, 0.25) is 6.04 Å². The Kier molecular flexibility index (Phi) is 10.7. The maximum Gasteiger partial charge on any atom is 0.152 e. The Bertz CT molecular complexity index is 1060. The first kappa shape index (κ1) is 28.8. The summed E-state index contributed by atoms with van der Waals surface area (Å²) in [5.74, 6) is 0.844. The van der Waals surface area contributed by atoms with Gasteiger partial charge in [-0.15, -0.1) is 22.7 Å². The SMILES string of the molecule is CCCCCCc1ccc([Si]2(CC(CCCC)CCCCCC)c3cc(C)sc3-c3sc(C)cc32)cc1. The van der Waals surface area contributed by atoms with Crippen LogP contribution in [0.3, 0.4) is 0 Å². The zero-order chi connectivity index (χ0) is 26.3. The molecule has 0 fully saturated rings. The average Bonchev–Trinajstić information content (AvgIpc) is 3.54. The summed E-state index contributed by atoms with van der Waals surface area (Å²) in [7, 11) is -2.04. The lowest BCUT2D eigenvalue weighted by Gasteiger charge is -2.34. The second kappa shape index (κ2) is 13.8. The molecule has 1 aromatic carbocycles. The molecule has 1 atom stereocenters. The van der Waals surface area contributed by atoms with E-state index in [-0.39, 0.29) is 0 Å². The van der Waals surface area contributed by atoms with Crippen LogP contribution in [0.25, 0.3) is 9.75 Å². The predicted octanol–water partition coefficient (Wildman–Crippen LogP) is 9.78. The van der Waals surface area contributed by atoms with E-state index in [9.17, 15) is 0 Å². The molecule has 0 nitrogen and oxygen atoms in total. The van der Waals surface area contributed by atoms with Gasteiger partial charge in [0.05, 0.1) is 0 Å². The van der Waals surface area contributed by atoms with Gasteiger partial charge in [0.25, 0.3) is 0 Å². The van der Waals surface area contributed by atoms with Crippen molar-refractivity contribution in [3.63, 3.8) is 0 Å². The summed E-state index contributed by atoms with van der Waals surface area (Å²) < 4.78 is 0. The summed E-state index contributed by atoms with van der Waals surface area (Å²) >= 11 is 4.13. The molecule has 3 heteroatoms. The standard InChI is InChI=1S/C34H50S2Si/c1-6-9-12-14-17-28-19-21-30(22-20-28)37(25-29(16-11-8-3)18-15-13-10-7-2)31-23-26(4)35-33(31)34-32(37)24-27(5)36-34/h19-24,29H,6-18,25H2,1-5H3. The van der Waals surface area contributed by atoms with Crippen molar-refractivity contribution in [1.29, 1.82) is 0 Å². The highest BCUT2D eigenvalue weighted by atomic mass is 32.1. The number of hydrogen-bond donors (Lipinski definition) is 0. The van der Waals surface area contributed by atoms with Crippen LogP contribution in [0.15, 0.2) is 36.4 Å². The fraction of sp³-hybridized carbons (Fsp3) is 0.588. The number of hydrogen-bond acceptors (Lipinski definition) is 2. The highest BCUT2D eigenvalue weighted by molar-refractivity contribution is 7.31. The minimum atomic E-state index is -2.04. The molecule has 1 aliphatic heterocycles. The van der Waals surface area contributed by atoms with Crippen LogP contribution in [-0.2, 0) is 6.42 Å². The number of fused-ring (bicyclic) bond motifs is 3. The van der Waals surface area contributed by atoms with Gasteiger partial charge in [0.15, 0.2) is 8.07 Å². The lowest BCUT2D eigenvalue weighted by atomic mass is 9.97. The summed E-state index contributed by atoms with van der Waals surface area (Å²) in [5, 5.41) is 5.18. The first-order valence-electron chi connectivity index (χ1n) is 15.3. The Balaban J connectivity index is 1.72. The van der Waals surface area contributed by atoms with Gasteiger partial charge in [-0.3, -0.25) is 0 Å². The minimum Gasteiger partial charge on any atom is -0.140 e. The molecule has 3 heterocycles. The number of unbranched alkanes of at least 4 members (excludes halogenated alkanes) is 7. The van der Waals surface area contributed by atoms with Crippen molar-refractivity contribution in [1.82, 2.24) is 0 Å². The molecule has 3 aromatic rings. The minimum absolute atomic E-state index is 0.844. The Morgan fingerprint density at radius 1 is 0.649 bits per heavy atom. The monoisotopic (exact) mass is 550 g/mol. The van der Waals surface area contributed by atoms with Gasteiger partial charge in [-0.05, 0) is 71.9 Å². The Labute approximate surface area is 237 Å². The fourth-order valence-corrected chi connectivity index (χ4v) is 15.9. The molecule has 37 heavy (non-hydrogen) atoms. The third kappa shape index (κ3) is 6.53. The topological polar surface area (TPSA) is 0 Å². The normalized spacial score (nSPS) is 14.6. The van der Waals surface area contributed by atoms with E-state index in [1.165, 1.54) is 105 Å². The van der Waals surface area contributed by atoms with Gasteiger partial charge in [0, 0.05) is 19.5 Å². The number of aryl methyl sites for hydroxylation is 3. The smallest absolute Gasteiger partial charge is 0.140 e. The molecule has 202 valence electrons. The van der Waals surface area contributed by atoms with Gasteiger partial charge < -0.3 is 0 Å². The van der Waals surface area contributed by atoms with E-state index in [4.69, 9.17) is 0 Å². The van der Waals surface area contributed by atoms with Crippen molar-refractivity contribution in [2.24, 2.45) is 5.92 Å².